The Bertz CT molecular complexity index is 1270. The third-order valence-corrected chi connectivity index (χ3v) is 7.06. The molecule has 15 heteroatoms. The molecule has 0 bridgehead atoms. The molecule has 1 aromatic heterocycles. The van der Waals surface area contributed by atoms with Crippen molar-refractivity contribution in [1.82, 2.24) is 19.9 Å². The number of benzene rings is 1. The average molecular weight is 548 g/mol. The highest BCUT2D eigenvalue weighted by Crippen LogP contribution is 2.18. The number of nitrogens with one attached hydrogen (secondary N) is 2. The third kappa shape index (κ3) is 7.39. The number of oxime groups is 1. The van der Waals surface area contributed by atoms with E-state index in [1.807, 2.05) is 4.90 Å². The van der Waals surface area contributed by atoms with Crippen LogP contribution in [0, 0.1) is 0 Å². The number of nitrogens with two attached hydrogens (primary N) is 1. The smallest absolute Gasteiger partial charge is 0.326 e. The molecule has 1 atom stereocenters. The number of hydrogen-bond donors (Lipinski definition) is 4. The first kappa shape index (κ1) is 28.3. The monoisotopic (exact) mass is 547 g/mol. The summed E-state index contributed by atoms with van der Waals surface area (Å²) in [7, 11) is -4.11. The summed E-state index contributed by atoms with van der Waals surface area (Å²) in [4.78, 5) is 44.4. The number of amidine groups is 1. The van der Waals surface area contributed by atoms with Gasteiger partial charge < -0.3 is 30.8 Å². The summed E-state index contributed by atoms with van der Waals surface area (Å²) in [5, 5.41) is 14.2. The standard InChI is InChI=1S/C23H29N7O7S/c1-2-37-23(33)19(28-38(35,36)18-4-3-9-25-12-18)13-26-20(31)14-30-11-10-29(15-21(30)32)17-7-5-16(6-8-17)22(24)27-34/h3-9,12,19,28,34H,2,10-11,13-15H2,1H3,(H2,24,27)(H,26,31). The summed E-state index contributed by atoms with van der Waals surface area (Å²) in [6, 6.07) is 8.17. The number of carbonyl (C=O) groups is 3. The van der Waals surface area contributed by atoms with Crippen LogP contribution in [-0.4, -0.2) is 92.5 Å². The number of aromatic nitrogens is 1. The maximum absolute atomic E-state index is 12.7. The van der Waals surface area contributed by atoms with Crippen molar-refractivity contribution >= 4 is 39.3 Å². The van der Waals surface area contributed by atoms with E-state index in [-0.39, 0.29) is 49.4 Å². The predicted octanol–water partition coefficient (Wildman–Crippen LogP) is -1.15. The van der Waals surface area contributed by atoms with Crippen molar-refractivity contribution in [1.29, 1.82) is 0 Å². The fourth-order valence-corrected chi connectivity index (χ4v) is 4.77. The zero-order valence-electron chi connectivity index (χ0n) is 20.6. The number of anilines is 1. The maximum Gasteiger partial charge on any atom is 0.326 e. The molecule has 2 heterocycles. The molecule has 0 saturated carbocycles. The summed E-state index contributed by atoms with van der Waals surface area (Å²) in [5.41, 5.74) is 6.86. The summed E-state index contributed by atoms with van der Waals surface area (Å²) >= 11 is 0. The van der Waals surface area contributed by atoms with Gasteiger partial charge in [0, 0.05) is 43.3 Å². The van der Waals surface area contributed by atoms with E-state index in [4.69, 9.17) is 15.7 Å². The Morgan fingerprint density at radius 3 is 2.58 bits per heavy atom. The van der Waals surface area contributed by atoms with Gasteiger partial charge in [0.15, 0.2) is 5.84 Å². The Balaban J connectivity index is 1.55. The molecule has 0 radical (unpaired) electrons. The average Bonchev–Trinajstić information content (AvgIpc) is 2.92. The van der Waals surface area contributed by atoms with Crippen LogP contribution in [0.15, 0.2) is 58.8 Å². The van der Waals surface area contributed by atoms with Crippen LogP contribution in [0.25, 0.3) is 0 Å². The normalized spacial score (nSPS) is 15.2. The lowest BCUT2D eigenvalue weighted by Gasteiger charge is -2.35. The molecule has 0 aliphatic carbocycles. The van der Waals surface area contributed by atoms with Gasteiger partial charge in [-0.1, -0.05) is 5.16 Å². The SMILES string of the molecule is CCOC(=O)C(CNC(=O)CN1CCN(c2ccc(/C(N)=N\O)cc2)CC1=O)NS(=O)(=O)c1cccnc1. The number of sulfonamides is 1. The predicted molar refractivity (Wildman–Crippen MR) is 136 cm³/mol. The molecule has 204 valence electrons. The molecule has 0 spiro atoms. The van der Waals surface area contributed by atoms with Crippen LogP contribution in [0.4, 0.5) is 5.69 Å². The van der Waals surface area contributed by atoms with Crippen molar-refractivity contribution in [3.63, 3.8) is 0 Å². The molecule has 2 amide bonds. The molecule has 1 unspecified atom stereocenters. The quantitative estimate of drug-likeness (QED) is 0.0876. The van der Waals surface area contributed by atoms with Crippen LogP contribution in [0.5, 0.6) is 0 Å². The van der Waals surface area contributed by atoms with Crippen LogP contribution >= 0.6 is 0 Å². The van der Waals surface area contributed by atoms with Gasteiger partial charge >= 0.3 is 5.97 Å². The minimum Gasteiger partial charge on any atom is -0.465 e. The summed E-state index contributed by atoms with van der Waals surface area (Å²) in [6.45, 7) is 1.70. The van der Waals surface area contributed by atoms with Crippen molar-refractivity contribution in [3.05, 3.63) is 54.4 Å². The number of carbonyl (C=O) groups excluding carboxylic acids is 3. The molecule has 14 nitrogen and oxygen atoms in total. The number of nitrogens with zero attached hydrogens (tertiary/aromatic N) is 4. The van der Waals surface area contributed by atoms with Crippen LogP contribution in [0.3, 0.4) is 0 Å². The first-order valence-corrected chi connectivity index (χ1v) is 13.1. The number of piperazine rings is 1. The highest BCUT2D eigenvalue weighted by molar-refractivity contribution is 7.89. The Morgan fingerprint density at radius 2 is 1.97 bits per heavy atom. The molecule has 1 aliphatic heterocycles. The van der Waals surface area contributed by atoms with Crippen molar-refractivity contribution in [2.45, 2.75) is 17.9 Å². The Morgan fingerprint density at radius 1 is 1.24 bits per heavy atom. The maximum atomic E-state index is 12.7. The minimum absolute atomic E-state index is 0.0157. The fourth-order valence-electron chi connectivity index (χ4n) is 3.62. The molecule has 1 saturated heterocycles. The van der Waals surface area contributed by atoms with Crippen molar-refractivity contribution in [2.75, 3.05) is 44.2 Å². The molecule has 5 N–H and O–H groups in total. The molecule has 1 aromatic carbocycles. The molecule has 1 fully saturated rings. The lowest BCUT2D eigenvalue weighted by molar-refractivity contribution is -0.145. The molecular weight excluding hydrogens is 518 g/mol. The number of rotatable bonds is 11. The fraction of sp³-hybridized carbons (Fsp3) is 0.348. The van der Waals surface area contributed by atoms with Gasteiger partial charge in [0.25, 0.3) is 0 Å². The second-order valence-corrected chi connectivity index (χ2v) is 9.90. The van der Waals surface area contributed by atoms with E-state index < -0.39 is 27.9 Å². The highest BCUT2D eigenvalue weighted by atomic mass is 32.2. The van der Waals surface area contributed by atoms with E-state index in [0.29, 0.717) is 12.1 Å². The zero-order chi connectivity index (χ0) is 27.7. The van der Waals surface area contributed by atoms with Gasteiger partial charge in [-0.2, -0.15) is 4.72 Å². The second-order valence-electron chi connectivity index (χ2n) is 8.19. The number of pyridine rings is 1. The zero-order valence-corrected chi connectivity index (χ0v) is 21.4. The van der Waals surface area contributed by atoms with Crippen LogP contribution in [0.1, 0.15) is 12.5 Å². The van der Waals surface area contributed by atoms with E-state index >= 15 is 0 Å². The van der Waals surface area contributed by atoms with Crippen molar-refractivity contribution < 1.29 is 32.7 Å². The number of hydrogen-bond acceptors (Lipinski definition) is 10. The number of esters is 1. The topological polar surface area (TPSA) is 197 Å². The first-order chi connectivity index (χ1) is 18.1. The highest BCUT2D eigenvalue weighted by Gasteiger charge is 2.29. The van der Waals surface area contributed by atoms with Gasteiger partial charge in [0.05, 0.1) is 19.7 Å². The Labute approximate surface area is 219 Å². The number of amides is 2. The van der Waals surface area contributed by atoms with Crippen LogP contribution in [0.2, 0.25) is 0 Å². The van der Waals surface area contributed by atoms with E-state index in [1.165, 1.54) is 23.2 Å². The van der Waals surface area contributed by atoms with Gasteiger partial charge in [-0.25, -0.2) is 8.42 Å². The lowest BCUT2D eigenvalue weighted by Crippen LogP contribution is -2.54. The molecule has 3 rings (SSSR count). The van der Waals surface area contributed by atoms with E-state index in [0.717, 1.165) is 11.9 Å². The largest absolute Gasteiger partial charge is 0.465 e. The minimum atomic E-state index is -4.11. The van der Waals surface area contributed by atoms with E-state index in [2.05, 4.69) is 20.2 Å². The van der Waals surface area contributed by atoms with Crippen LogP contribution in [-0.2, 0) is 29.1 Å². The lowest BCUT2D eigenvalue weighted by atomic mass is 10.1. The van der Waals surface area contributed by atoms with Gasteiger partial charge in [-0.3, -0.25) is 19.4 Å². The van der Waals surface area contributed by atoms with E-state index in [1.54, 1.807) is 31.2 Å². The Kier molecular flexibility index (Phi) is 9.56. The molecule has 2 aromatic rings. The number of ether oxygens (including phenoxy) is 1. The summed E-state index contributed by atoms with van der Waals surface area (Å²) in [5.74, 6) is -1.74. The van der Waals surface area contributed by atoms with E-state index in [9.17, 15) is 22.8 Å². The third-order valence-electron chi connectivity index (χ3n) is 5.61. The molecule has 38 heavy (non-hydrogen) atoms. The first-order valence-electron chi connectivity index (χ1n) is 11.6. The molecular formula is C23H29N7O7S. The van der Waals surface area contributed by atoms with Gasteiger partial charge in [-0.05, 0) is 43.3 Å². The van der Waals surface area contributed by atoms with Gasteiger partial charge in [0.2, 0.25) is 21.8 Å². The van der Waals surface area contributed by atoms with Gasteiger partial charge in [-0.15, -0.1) is 0 Å². The summed E-state index contributed by atoms with van der Waals surface area (Å²) < 4.78 is 32.4. The van der Waals surface area contributed by atoms with Crippen molar-refractivity contribution in [3.8, 4) is 0 Å². The van der Waals surface area contributed by atoms with Gasteiger partial charge in [0.1, 0.15) is 10.9 Å². The summed E-state index contributed by atoms with van der Waals surface area (Å²) in [6.07, 6.45) is 2.53. The Hall–Kier alpha value is -4.24. The second kappa shape index (κ2) is 12.8. The van der Waals surface area contributed by atoms with Crippen molar-refractivity contribution in [2.24, 2.45) is 10.9 Å². The molecule has 1 aliphatic rings. The van der Waals surface area contributed by atoms with Crippen LogP contribution < -0.4 is 20.7 Å².